The van der Waals surface area contributed by atoms with Crippen LogP contribution in [0.3, 0.4) is 0 Å². The molecule has 0 aromatic rings. The fourth-order valence-electron chi connectivity index (χ4n) is 1.72. The first-order valence-electron chi connectivity index (χ1n) is 6.04. The van der Waals surface area contributed by atoms with Crippen LogP contribution in [0.1, 0.15) is 20.8 Å². The molecule has 1 saturated heterocycles. The molecule has 0 aromatic heterocycles. The number of sulfone groups is 1. The zero-order chi connectivity index (χ0) is 13.1. The Kier molecular flexibility index (Phi) is 4.95. The van der Waals surface area contributed by atoms with Gasteiger partial charge in [-0.1, -0.05) is 0 Å². The number of aliphatic hydroxyl groups is 1. The Morgan fingerprint density at radius 2 is 1.82 bits per heavy atom. The number of hydrogen-bond acceptors (Lipinski definition) is 5. The zero-order valence-corrected chi connectivity index (χ0v) is 11.8. The van der Waals surface area contributed by atoms with Gasteiger partial charge in [-0.2, -0.15) is 0 Å². The third kappa shape index (κ3) is 6.35. The molecule has 6 heteroatoms. The van der Waals surface area contributed by atoms with E-state index in [2.05, 4.69) is 5.32 Å². The molecule has 17 heavy (non-hydrogen) atoms. The van der Waals surface area contributed by atoms with Crippen LogP contribution in [0, 0.1) is 0 Å². The molecule has 102 valence electrons. The standard InChI is InChI=1S/C11H24N2O3S/c1-11(2,3)12-8-10(14)9-13-4-6-17(15,16)7-5-13/h10,12,14H,4-9H2,1-3H3. The van der Waals surface area contributed by atoms with Crippen LogP contribution in [0.5, 0.6) is 0 Å². The summed E-state index contributed by atoms with van der Waals surface area (Å²) < 4.78 is 22.5. The molecular formula is C11H24N2O3S. The van der Waals surface area contributed by atoms with Crippen LogP contribution in [-0.2, 0) is 9.84 Å². The van der Waals surface area contributed by atoms with Crippen molar-refractivity contribution in [2.45, 2.75) is 32.4 Å². The SMILES string of the molecule is CC(C)(C)NCC(O)CN1CCS(=O)(=O)CC1. The van der Waals surface area contributed by atoms with E-state index < -0.39 is 15.9 Å². The van der Waals surface area contributed by atoms with E-state index in [1.165, 1.54) is 0 Å². The van der Waals surface area contributed by atoms with E-state index in [9.17, 15) is 13.5 Å². The van der Waals surface area contributed by atoms with Gasteiger partial charge in [0.05, 0.1) is 17.6 Å². The zero-order valence-electron chi connectivity index (χ0n) is 10.9. The molecule has 0 amide bonds. The van der Waals surface area contributed by atoms with E-state index in [1.54, 1.807) is 0 Å². The maximum Gasteiger partial charge on any atom is 0.152 e. The first-order valence-corrected chi connectivity index (χ1v) is 7.86. The molecule has 1 heterocycles. The second-order valence-electron chi connectivity index (χ2n) is 5.74. The van der Waals surface area contributed by atoms with Crippen molar-refractivity contribution < 1.29 is 13.5 Å². The number of hydrogen-bond donors (Lipinski definition) is 2. The molecule has 1 aliphatic heterocycles. The molecule has 1 rings (SSSR count). The maximum atomic E-state index is 11.2. The van der Waals surface area contributed by atoms with E-state index in [1.807, 2.05) is 25.7 Å². The van der Waals surface area contributed by atoms with Crippen molar-refractivity contribution in [3.63, 3.8) is 0 Å². The molecule has 0 saturated carbocycles. The van der Waals surface area contributed by atoms with Crippen molar-refractivity contribution in [3.8, 4) is 0 Å². The van der Waals surface area contributed by atoms with Crippen LogP contribution in [0.15, 0.2) is 0 Å². The van der Waals surface area contributed by atoms with Crippen molar-refractivity contribution in [1.82, 2.24) is 10.2 Å². The molecule has 0 radical (unpaired) electrons. The van der Waals surface area contributed by atoms with Crippen LogP contribution in [0.25, 0.3) is 0 Å². The fourth-order valence-corrected chi connectivity index (χ4v) is 3.00. The van der Waals surface area contributed by atoms with Crippen molar-refractivity contribution >= 4 is 9.84 Å². The van der Waals surface area contributed by atoms with Crippen molar-refractivity contribution in [1.29, 1.82) is 0 Å². The highest BCUT2D eigenvalue weighted by Gasteiger charge is 2.23. The lowest BCUT2D eigenvalue weighted by molar-refractivity contribution is 0.109. The van der Waals surface area contributed by atoms with Gasteiger partial charge in [-0.3, -0.25) is 4.90 Å². The summed E-state index contributed by atoms with van der Waals surface area (Å²) >= 11 is 0. The Balaban J connectivity index is 2.26. The molecule has 0 spiro atoms. The maximum absolute atomic E-state index is 11.2. The van der Waals surface area contributed by atoms with Crippen LogP contribution in [0.2, 0.25) is 0 Å². The first kappa shape index (κ1) is 14.9. The minimum atomic E-state index is -2.83. The van der Waals surface area contributed by atoms with Crippen LogP contribution in [0.4, 0.5) is 0 Å². The summed E-state index contributed by atoms with van der Waals surface area (Å²) in [4.78, 5) is 2.01. The van der Waals surface area contributed by atoms with E-state index in [4.69, 9.17) is 0 Å². The molecule has 0 bridgehead atoms. The Morgan fingerprint density at radius 3 is 2.29 bits per heavy atom. The van der Waals surface area contributed by atoms with Crippen molar-refractivity contribution in [3.05, 3.63) is 0 Å². The van der Waals surface area contributed by atoms with Gasteiger partial charge in [-0.25, -0.2) is 8.42 Å². The number of nitrogens with zero attached hydrogens (tertiary/aromatic N) is 1. The average molecular weight is 264 g/mol. The third-order valence-corrected chi connectivity index (χ3v) is 4.38. The molecule has 0 aromatic carbocycles. The summed E-state index contributed by atoms with van der Waals surface area (Å²) in [7, 11) is -2.83. The predicted octanol–water partition coefficient (Wildman–Crippen LogP) is -0.534. The predicted molar refractivity (Wildman–Crippen MR) is 68.9 cm³/mol. The summed E-state index contributed by atoms with van der Waals surface area (Å²) in [6.07, 6.45) is -0.449. The smallest absolute Gasteiger partial charge is 0.152 e. The van der Waals surface area contributed by atoms with E-state index in [0.29, 0.717) is 26.2 Å². The second kappa shape index (κ2) is 5.65. The van der Waals surface area contributed by atoms with Crippen LogP contribution >= 0.6 is 0 Å². The highest BCUT2D eigenvalue weighted by molar-refractivity contribution is 7.91. The largest absolute Gasteiger partial charge is 0.390 e. The van der Waals surface area contributed by atoms with Gasteiger partial charge in [0.2, 0.25) is 0 Å². The number of β-amino-alcohol motifs (C(OH)–C–C–N with tert-alkyl or cyclic N) is 1. The van der Waals surface area contributed by atoms with Gasteiger partial charge in [0.15, 0.2) is 9.84 Å². The second-order valence-corrected chi connectivity index (χ2v) is 8.04. The van der Waals surface area contributed by atoms with Gasteiger partial charge in [0, 0.05) is 31.7 Å². The summed E-state index contributed by atoms with van der Waals surface area (Å²) in [6, 6.07) is 0. The number of nitrogens with one attached hydrogen (secondary N) is 1. The molecule has 1 fully saturated rings. The quantitative estimate of drug-likeness (QED) is 0.714. The molecule has 5 nitrogen and oxygen atoms in total. The van der Waals surface area contributed by atoms with Gasteiger partial charge in [-0.15, -0.1) is 0 Å². The first-order chi connectivity index (χ1) is 7.68. The highest BCUT2D eigenvalue weighted by Crippen LogP contribution is 2.05. The number of aliphatic hydroxyl groups excluding tert-OH is 1. The molecule has 0 aliphatic carbocycles. The van der Waals surface area contributed by atoms with Crippen molar-refractivity contribution in [2.75, 3.05) is 37.7 Å². The number of rotatable bonds is 4. The topological polar surface area (TPSA) is 69.6 Å². The summed E-state index contributed by atoms with van der Waals surface area (Å²) in [5.74, 6) is 0.429. The van der Waals surface area contributed by atoms with E-state index in [0.717, 1.165) is 0 Å². The van der Waals surface area contributed by atoms with Gasteiger partial charge >= 0.3 is 0 Å². The Morgan fingerprint density at radius 1 is 1.29 bits per heavy atom. The molecule has 2 N–H and O–H groups in total. The van der Waals surface area contributed by atoms with Crippen LogP contribution < -0.4 is 5.32 Å². The molecule has 1 aliphatic rings. The van der Waals surface area contributed by atoms with Crippen molar-refractivity contribution in [2.24, 2.45) is 0 Å². The van der Waals surface area contributed by atoms with Gasteiger partial charge < -0.3 is 10.4 Å². The van der Waals surface area contributed by atoms with E-state index >= 15 is 0 Å². The minimum absolute atomic E-state index is 0.00772. The summed E-state index contributed by atoms with van der Waals surface area (Å²) in [6.45, 7) is 8.29. The molecule has 1 unspecified atom stereocenters. The van der Waals surface area contributed by atoms with E-state index in [-0.39, 0.29) is 17.0 Å². The normalized spacial score (nSPS) is 23.5. The molecule has 1 atom stereocenters. The lowest BCUT2D eigenvalue weighted by Crippen LogP contribution is -2.48. The lowest BCUT2D eigenvalue weighted by Gasteiger charge is -2.30. The Labute approximate surface area is 104 Å². The fraction of sp³-hybridized carbons (Fsp3) is 1.00. The highest BCUT2D eigenvalue weighted by atomic mass is 32.2. The van der Waals surface area contributed by atoms with Gasteiger partial charge in [0.25, 0.3) is 0 Å². The average Bonchev–Trinajstić information content (AvgIpc) is 2.17. The Bertz CT molecular complexity index is 321. The third-order valence-electron chi connectivity index (χ3n) is 2.77. The monoisotopic (exact) mass is 264 g/mol. The summed E-state index contributed by atoms with van der Waals surface area (Å²) in [5.41, 5.74) is -0.00772. The summed E-state index contributed by atoms with van der Waals surface area (Å²) in [5, 5.41) is 13.1. The Hall–Kier alpha value is -0.170. The lowest BCUT2D eigenvalue weighted by atomic mass is 10.1. The molecular weight excluding hydrogens is 240 g/mol. The minimum Gasteiger partial charge on any atom is -0.390 e. The van der Waals surface area contributed by atoms with Crippen LogP contribution in [-0.4, -0.2) is 67.8 Å². The van der Waals surface area contributed by atoms with Gasteiger partial charge in [-0.05, 0) is 20.8 Å². The van der Waals surface area contributed by atoms with Gasteiger partial charge in [0.1, 0.15) is 0 Å².